The minimum atomic E-state index is 0.551. The third-order valence-corrected chi connectivity index (χ3v) is 2.83. The van der Waals surface area contributed by atoms with E-state index in [9.17, 15) is 0 Å². The van der Waals surface area contributed by atoms with Gasteiger partial charge in [0, 0.05) is 15.1 Å². The predicted octanol–water partition coefficient (Wildman–Crippen LogP) is 3.23. The van der Waals surface area contributed by atoms with Crippen LogP contribution in [0.25, 0.3) is 0 Å². The molecule has 10 heavy (non-hydrogen) atoms. The van der Waals surface area contributed by atoms with Gasteiger partial charge < -0.3 is 0 Å². The van der Waals surface area contributed by atoms with Crippen molar-refractivity contribution >= 4 is 50.1 Å². The van der Waals surface area contributed by atoms with Gasteiger partial charge in [-0.1, -0.05) is 27.5 Å². The van der Waals surface area contributed by atoms with Gasteiger partial charge in [0.1, 0.15) is 5.15 Å². The van der Waals surface area contributed by atoms with Gasteiger partial charge in [0.15, 0.2) is 0 Å². The van der Waals surface area contributed by atoms with Gasteiger partial charge in [0.2, 0.25) is 0 Å². The Kier molecular flexibility index (Phi) is 3.39. The molecule has 0 aliphatic carbocycles. The van der Waals surface area contributed by atoms with Crippen LogP contribution in [-0.4, -0.2) is 4.98 Å². The Morgan fingerprint density at radius 2 is 2.40 bits per heavy atom. The molecule has 0 saturated carbocycles. The molecule has 0 amide bonds. The van der Waals surface area contributed by atoms with Crippen molar-refractivity contribution in [2.45, 2.75) is 5.33 Å². The predicted molar refractivity (Wildman–Crippen MR) is 54.6 cm³/mol. The lowest BCUT2D eigenvalue weighted by Crippen LogP contribution is -1.85. The van der Waals surface area contributed by atoms with Crippen LogP contribution >= 0.6 is 50.1 Å². The molecule has 1 nitrogen and oxygen atoms in total. The molecule has 0 unspecified atom stereocenters. The first-order valence-electron chi connectivity index (χ1n) is 2.60. The molecule has 0 fully saturated rings. The van der Waals surface area contributed by atoms with Crippen LogP contribution in [0, 0.1) is 3.57 Å². The van der Waals surface area contributed by atoms with E-state index in [1.54, 1.807) is 6.20 Å². The van der Waals surface area contributed by atoms with Gasteiger partial charge in [-0.05, 0) is 34.2 Å². The highest BCUT2D eigenvalue weighted by molar-refractivity contribution is 14.1. The van der Waals surface area contributed by atoms with E-state index in [0.29, 0.717) is 5.15 Å². The Balaban J connectivity index is 3.09. The van der Waals surface area contributed by atoms with Crippen molar-refractivity contribution in [1.82, 2.24) is 4.98 Å². The number of aromatic nitrogens is 1. The molecule has 0 bridgehead atoms. The minimum Gasteiger partial charge on any atom is -0.243 e. The van der Waals surface area contributed by atoms with Gasteiger partial charge in [0.25, 0.3) is 0 Å². The fourth-order valence-corrected chi connectivity index (χ4v) is 2.21. The second kappa shape index (κ2) is 3.88. The Labute approximate surface area is 86.4 Å². The van der Waals surface area contributed by atoms with E-state index in [4.69, 9.17) is 11.6 Å². The summed E-state index contributed by atoms with van der Waals surface area (Å²) in [6.45, 7) is 0. The average molecular weight is 332 g/mol. The van der Waals surface area contributed by atoms with Crippen molar-refractivity contribution in [3.05, 3.63) is 26.5 Å². The number of hydrogen-bond acceptors (Lipinski definition) is 1. The summed E-state index contributed by atoms with van der Waals surface area (Å²) < 4.78 is 1.14. The lowest BCUT2D eigenvalue weighted by Gasteiger charge is -1.97. The molecule has 0 N–H and O–H groups in total. The standard InChI is InChI=1S/C6H4BrClIN/c7-2-4-1-6(8)10-3-5(4)9/h1,3H,2H2. The molecular weight excluding hydrogens is 328 g/mol. The molecule has 0 aromatic carbocycles. The Morgan fingerprint density at radius 1 is 1.70 bits per heavy atom. The zero-order valence-electron chi connectivity index (χ0n) is 4.94. The monoisotopic (exact) mass is 331 g/mol. The third kappa shape index (κ3) is 2.07. The maximum Gasteiger partial charge on any atom is 0.129 e. The normalized spacial score (nSPS) is 9.90. The van der Waals surface area contributed by atoms with Crippen LogP contribution < -0.4 is 0 Å². The molecule has 1 rings (SSSR count). The van der Waals surface area contributed by atoms with E-state index < -0.39 is 0 Å². The summed E-state index contributed by atoms with van der Waals surface area (Å²) >= 11 is 11.2. The second-order valence-electron chi connectivity index (χ2n) is 1.73. The quantitative estimate of drug-likeness (QED) is 0.437. The molecule has 0 atom stereocenters. The molecule has 0 aliphatic rings. The van der Waals surface area contributed by atoms with E-state index in [-0.39, 0.29) is 0 Å². The van der Waals surface area contributed by atoms with Gasteiger partial charge in [-0.3, -0.25) is 0 Å². The zero-order valence-corrected chi connectivity index (χ0v) is 9.44. The highest BCUT2D eigenvalue weighted by Crippen LogP contribution is 2.17. The van der Waals surface area contributed by atoms with Gasteiger partial charge in [-0.2, -0.15) is 0 Å². The van der Waals surface area contributed by atoms with Crippen LogP contribution in [0.3, 0.4) is 0 Å². The van der Waals surface area contributed by atoms with Crippen LogP contribution in [0.4, 0.5) is 0 Å². The molecule has 0 aliphatic heterocycles. The number of rotatable bonds is 1. The molecular formula is C6H4BrClIN. The fourth-order valence-electron chi connectivity index (χ4n) is 0.554. The molecule has 1 aromatic heterocycles. The number of halogens is 3. The Morgan fingerprint density at radius 3 is 2.90 bits per heavy atom. The summed E-state index contributed by atoms with van der Waals surface area (Å²) in [5.74, 6) is 0. The van der Waals surface area contributed by atoms with Crippen molar-refractivity contribution in [3.8, 4) is 0 Å². The molecule has 0 radical (unpaired) electrons. The minimum absolute atomic E-state index is 0.551. The maximum absolute atomic E-state index is 5.66. The third-order valence-electron chi connectivity index (χ3n) is 1.05. The van der Waals surface area contributed by atoms with Crippen LogP contribution in [0.15, 0.2) is 12.3 Å². The van der Waals surface area contributed by atoms with Crippen molar-refractivity contribution in [2.24, 2.45) is 0 Å². The summed E-state index contributed by atoms with van der Waals surface area (Å²) in [5.41, 5.74) is 1.18. The van der Waals surface area contributed by atoms with Crippen molar-refractivity contribution < 1.29 is 0 Å². The molecule has 0 saturated heterocycles. The van der Waals surface area contributed by atoms with Gasteiger partial charge >= 0.3 is 0 Å². The van der Waals surface area contributed by atoms with E-state index in [1.165, 1.54) is 5.56 Å². The van der Waals surface area contributed by atoms with Crippen LogP contribution in [-0.2, 0) is 5.33 Å². The molecule has 4 heteroatoms. The van der Waals surface area contributed by atoms with E-state index in [0.717, 1.165) is 8.90 Å². The number of hydrogen-bond donors (Lipinski definition) is 0. The lowest BCUT2D eigenvalue weighted by atomic mass is 10.3. The SMILES string of the molecule is Clc1cc(CBr)c(I)cn1. The van der Waals surface area contributed by atoms with Crippen molar-refractivity contribution in [3.63, 3.8) is 0 Å². The first-order chi connectivity index (χ1) is 4.74. The molecule has 54 valence electrons. The first kappa shape index (κ1) is 8.74. The van der Waals surface area contributed by atoms with Crippen molar-refractivity contribution in [2.75, 3.05) is 0 Å². The highest BCUT2D eigenvalue weighted by Gasteiger charge is 1.98. The lowest BCUT2D eigenvalue weighted by molar-refractivity contribution is 1.25. The van der Waals surface area contributed by atoms with Crippen LogP contribution in [0.5, 0.6) is 0 Å². The van der Waals surface area contributed by atoms with Crippen molar-refractivity contribution in [1.29, 1.82) is 0 Å². The molecule has 1 heterocycles. The summed E-state index contributed by atoms with van der Waals surface area (Å²) in [7, 11) is 0. The summed E-state index contributed by atoms with van der Waals surface area (Å²) in [5, 5.41) is 1.38. The Hall–Kier alpha value is 0.650. The smallest absolute Gasteiger partial charge is 0.129 e. The first-order valence-corrected chi connectivity index (χ1v) is 5.17. The molecule has 1 aromatic rings. The van der Waals surface area contributed by atoms with E-state index >= 15 is 0 Å². The second-order valence-corrected chi connectivity index (χ2v) is 3.84. The highest BCUT2D eigenvalue weighted by atomic mass is 127. The number of nitrogens with zero attached hydrogens (tertiary/aromatic N) is 1. The molecule has 0 spiro atoms. The fraction of sp³-hybridized carbons (Fsp3) is 0.167. The van der Waals surface area contributed by atoms with E-state index in [1.807, 2.05) is 6.07 Å². The maximum atomic E-state index is 5.66. The van der Waals surface area contributed by atoms with Gasteiger partial charge in [0.05, 0.1) is 0 Å². The summed E-state index contributed by atoms with van der Waals surface area (Å²) in [6.07, 6.45) is 1.76. The van der Waals surface area contributed by atoms with Gasteiger partial charge in [-0.25, -0.2) is 4.98 Å². The topological polar surface area (TPSA) is 12.9 Å². The van der Waals surface area contributed by atoms with Crippen LogP contribution in [0.1, 0.15) is 5.56 Å². The summed E-state index contributed by atoms with van der Waals surface area (Å²) in [4.78, 5) is 3.92. The Bertz CT molecular complexity index is 241. The zero-order chi connectivity index (χ0) is 7.56. The number of pyridine rings is 1. The average Bonchev–Trinajstić information content (AvgIpc) is 1.94. The van der Waals surface area contributed by atoms with Gasteiger partial charge in [-0.15, -0.1) is 0 Å². The van der Waals surface area contributed by atoms with Crippen LogP contribution in [0.2, 0.25) is 5.15 Å². The number of alkyl halides is 1. The largest absolute Gasteiger partial charge is 0.243 e. The summed E-state index contributed by atoms with van der Waals surface area (Å²) in [6, 6.07) is 1.86. The van der Waals surface area contributed by atoms with E-state index in [2.05, 4.69) is 43.5 Å².